The van der Waals surface area contributed by atoms with Crippen LogP contribution in [0.4, 0.5) is 0 Å². The maximum absolute atomic E-state index is 9.77. The van der Waals surface area contributed by atoms with E-state index >= 15 is 0 Å². The molecule has 3 nitrogen and oxygen atoms in total. The van der Waals surface area contributed by atoms with E-state index in [0.29, 0.717) is 13.2 Å². The Hall–Kier alpha value is -1.22. The lowest BCUT2D eigenvalue weighted by Gasteiger charge is -2.17. The molecule has 17 heavy (non-hydrogen) atoms. The minimum atomic E-state index is -0.411. The minimum Gasteiger partial charge on any atom is -0.494 e. The van der Waals surface area contributed by atoms with Crippen LogP contribution in [-0.2, 0) is 0 Å². The Labute approximate surface area is 103 Å². The van der Waals surface area contributed by atoms with Crippen molar-refractivity contribution in [1.29, 1.82) is 0 Å². The number of rotatable bonds is 7. The number of aliphatic hydroxyl groups is 1. The van der Waals surface area contributed by atoms with E-state index in [-0.39, 0.29) is 5.92 Å². The Morgan fingerprint density at radius 1 is 1.06 bits per heavy atom. The third-order valence-corrected chi connectivity index (χ3v) is 2.86. The zero-order valence-corrected chi connectivity index (χ0v) is 10.8. The lowest BCUT2D eigenvalue weighted by molar-refractivity contribution is 0.0622. The maximum Gasteiger partial charge on any atom is 0.119 e. The minimum absolute atomic E-state index is 0.262. The van der Waals surface area contributed by atoms with Crippen molar-refractivity contribution in [3.8, 4) is 11.5 Å². The second-order valence-electron chi connectivity index (χ2n) is 4.17. The lowest BCUT2D eigenvalue weighted by Crippen LogP contribution is -2.24. The molecule has 3 heteroatoms. The topological polar surface area (TPSA) is 38.7 Å². The second kappa shape index (κ2) is 7.17. The number of hydrogen-bond donors (Lipinski definition) is 1. The average molecular weight is 238 g/mol. The number of ether oxygens (including phenoxy) is 2. The van der Waals surface area contributed by atoms with Crippen LogP contribution in [0, 0.1) is 5.92 Å². The molecule has 0 fully saturated rings. The lowest BCUT2D eigenvalue weighted by atomic mass is 10.0. The van der Waals surface area contributed by atoms with E-state index in [4.69, 9.17) is 9.47 Å². The van der Waals surface area contributed by atoms with Gasteiger partial charge in [-0.1, -0.05) is 20.3 Å². The fourth-order valence-electron chi connectivity index (χ4n) is 1.42. The molecule has 0 heterocycles. The van der Waals surface area contributed by atoms with Gasteiger partial charge in [0, 0.05) is 0 Å². The van der Waals surface area contributed by atoms with Crippen LogP contribution >= 0.6 is 0 Å². The molecule has 1 aromatic rings. The van der Waals surface area contributed by atoms with Crippen LogP contribution in [0.3, 0.4) is 0 Å². The van der Waals surface area contributed by atoms with E-state index in [1.54, 1.807) is 0 Å². The molecule has 2 atom stereocenters. The van der Waals surface area contributed by atoms with Gasteiger partial charge in [0.05, 0.1) is 12.7 Å². The van der Waals surface area contributed by atoms with Crippen molar-refractivity contribution in [3.05, 3.63) is 24.3 Å². The molecule has 0 radical (unpaired) electrons. The van der Waals surface area contributed by atoms with Gasteiger partial charge in [-0.2, -0.15) is 0 Å². The Bertz CT molecular complexity index is 308. The smallest absolute Gasteiger partial charge is 0.119 e. The summed E-state index contributed by atoms with van der Waals surface area (Å²) in [6, 6.07) is 7.45. The van der Waals surface area contributed by atoms with Crippen molar-refractivity contribution in [2.75, 3.05) is 13.2 Å². The van der Waals surface area contributed by atoms with Crippen LogP contribution in [0.25, 0.3) is 0 Å². The third-order valence-electron chi connectivity index (χ3n) is 2.86. The highest BCUT2D eigenvalue weighted by Crippen LogP contribution is 2.18. The van der Waals surface area contributed by atoms with Gasteiger partial charge in [0.15, 0.2) is 0 Å². The summed E-state index contributed by atoms with van der Waals surface area (Å²) in [4.78, 5) is 0. The number of hydrogen-bond acceptors (Lipinski definition) is 3. The predicted octanol–water partition coefficient (Wildman–Crippen LogP) is 2.87. The summed E-state index contributed by atoms with van der Waals surface area (Å²) in [7, 11) is 0. The molecule has 96 valence electrons. The molecule has 0 amide bonds. The van der Waals surface area contributed by atoms with Gasteiger partial charge < -0.3 is 14.6 Å². The molecule has 0 bridgehead atoms. The van der Waals surface area contributed by atoms with Gasteiger partial charge in [-0.15, -0.1) is 0 Å². The average Bonchev–Trinajstić information content (AvgIpc) is 2.37. The van der Waals surface area contributed by atoms with E-state index in [9.17, 15) is 5.11 Å². The molecule has 1 rings (SSSR count). The molecule has 0 aliphatic rings. The van der Waals surface area contributed by atoms with Crippen molar-refractivity contribution in [1.82, 2.24) is 0 Å². The first-order chi connectivity index (χ1) is 8.17. The number of benzene rings is 1. The van der Waals surface area contributed by atoms with Gasteiger partial charge in [0.2, 0.25) is 0 Å². The molecule has 0 aliphatic heterocycles. The van der Waals surface area contributed by atoms with Crippen LogP contribution in [0.5, 0.6) is 11.5 Å². The fraction of sp³-hybridized carbons (Fsp3) is 0.571. The Balaban J connectivity index is 2.41. The summed E-state index contributed by atoms with van der Waals surface area (Å²) in [5, 5.41) is 9.77. The standard InChI is InChI=1S/C14H22O3/c1-4-11(3)14(15)10-17-13-8-6-12(7-9-13)16-5-2/h6-9,11,14-15H,4-5,10H2,1-3H3. The summed E-state index contributed by atoms with van der Waals surface area (Å²) in [6.45, 7) is 7.03. The van der Waals surface area contributed by atoms with Crippen molar-refractivity contribution in [3.63, 3.8) is 0 Å². The molecule has 0 aromatic heterocycles. The molecular weight excluding hydrogens is 216 g/mol. The first-order valence-corrected chi connectivity index (χ1v) is 6.21. The first kappa shape index (κ1) is 13.8. The van der Waals surface area contributed by atoms with Gasteiger partial charge in [-0.3, -0.25) is 0 Å². The zero-order chi connectivity index (χ0) is 12.7. The summed E-state index contributed by atoms with van der Waals surface area (Å²) in [6.07, 6.45) is 0.542. The van der Waals surface area contributed by atoms with E-state index in [1.165, 1.54) is 0 Å². The second-order valence-corrected chi connectivity index (χ2v) is 4.17. The van der Waals surface area contributed by atoms with Gasteiger partial charge >= 0.3 is 0 Å². The summed E-state index contributed by atoms with van der Waals surface area (Å²) in [5.41, 5.74) is 0. The van der Waals surface area contributed by atoms with Gasteiger partial charge in [0.1, 0.15) is 18.1 Å². The molecular formula is C14H22O3. The summed E-state index contributed by atoms with van der Waals surface area (Å²) >= 11 is 0. The molecule has 1 N–H and O–H groups in total. The highest BCUT2D eigenvalue weighted by Gasteiger charge is 2.12. The van der Waals surface area contributed by atoms with Gasteiger partial charge in [0.25, 0.3) is 0 Å². The molecule has 0 saturated heterocycles. The van der Waals surface area contributed by atoms with Crippen LogP contribution in [0.1, 0.15) is 27.2 Å². The Morgan fingerprint density at radius 3 is 2.06 bits per heavy atom. The third kappa shape index (κ3) is 4.65. The van der Waals surface area contributed by atoms with Crippen LogP contribution < -0.4 is 9.47 Å². The van der Waals surface area contributed by atoms with E-state index in [2.05, 4.69) is 6.92 Å². The van der Waals surface area contributed by atoms with Crippen molar-refractivity contribution >= 4 is 0 Å². The maximum atomic E-state index is 9.77. The van der Waals surface area contributed by atoms with Crippen LogP contribution in [0.15, 0.2) is 24.3 Å². The van der Waals surface area contributed by atoms with Crippen LogP contribution in [-0.4, -0.2) is 24.4 Å². The largest absolute Gasteiger partial charge is 0.494 e. The van der Waals surface area contributed by atoms with Gasteiger partial charge in [-0.05, 0) is 37.1 Å². The predicted molar refractivity (Wildman–Crippen MR) is 68.6 cm³/mol. The summed E-state index contributed by atoms with van der Waals surface area (Å²) < 4.78 is 10.9. The SMILES string of the molecule is CCOc1ccc(OCC(O)C(C)CC)cc1. The van der Waals surface area contributed by atoms with Gasteiger partial charge in [-0.25, -0.2) is 0 Å². The highest BCUT2D eigenvalue weighted by atomic mass is 16.5. The van der Waals surface area contributed by atoms with E-state index < -0.39 is 6.10 Å². The number of aliphatic hydroxyl groups excluding tert-OH is 1. The van der Waals surface area contributed by atoms with Crippen LogP contribution in [0.2, 0.25) is 0 Å². The van der Waals surface area contributed by atoms with Crippen molar-refractivity contribution < 1.29 is 14.6 Å². The highest BCUT2D eigenvalue weighted by molar-refractivity contribution is 5.31. The summed E-state index contributed by atoms with van der Waals surface area (Å²) in [5.74, 6) is 1.86. The fourth-order valence-corrected chi connectivity index (χ4v) is 1.42. The molecule has 0 aliphatic carbocycles. The molecule has 2 unspecified atom stereocenters. The van der Waals surface area contributed by atoms with E-state index in [1.807, 2.05) is 38.1 Å². The normalized spacial score (nSPS) is 14.1. The van der Waals surface area contributed by atoms with E-state index in [0.717, 1.165) is 17.9 Å². The quantitative estimate of drug-likeness (QED) is 0.794. The molecule has 1 aromatic carbocycles. The molecule has 0 spiro atoms. The zero-order valence-electron chi connectivity index (χ0n) is 10.8. The van der Waals surface area contributed by atoms with Crippen molar-refractivity contribution in [2.45, 2.75) is 33.3 Å². The Morgan fingerprint density at radius 2 is 1.59 bits per heavy atom. The molecule has 0 saturated carbocycles. The Kier molecular flexibility index (Phi) is 5.84. The first-order valence-electron chi connectivity index (χ1n) is 6.21. The van der Waals surface area contributed by atoms with Crippen molar-refractivity contribution in [2.24, 2.45) is 5.92 Å². The monoisotopic (exact) mass is 238 g/mol.